The second kappa shape index (κ2) is 6.55. The Balaban J connectivity index is 3.36. The summed E-state index contributed by atoms with van der Waals surface area (Å²) in [6.07, 6.45) is -0.0911. The van der Waals surface area contributed by atoms with Gasteiger partial charge in [0.25, 0.3) is 0 Å². The molecule has 0 aromatic heterocycles. The van der Waals surface area contributed by atoms with Crippen molar-refractivity contribution in [2.24, 2.45) is 5.92 Å². The first kappa shape index (κ1) is 16.2. The number of nitrogens with zero attached hydrogens (tertiary/aromatic N) is 2. The van der Waals surface area contributed by atoms with Gasteiger partial charge in [-0.05, 0) is 5.92 Å². The summed E-state index contributed by atoms with van der Waals surface area (Å²) >= 11 is 0. The molecular weight excluding hydrogens is 279 g/mol. The summed E-state index contributed by atoms with van der Waals surface area (Å²) < 4.78 is 66.7. The van der Waals surface area contributed by atoms with Gasteiger partial charge in [0.2, 0.25) is 5.82 Å². The maximum absolute atomic E-state index is 13.7. The molecule has 1 rings (SSSR count). The third-order valence-corrected chi connectivity index (χ3v) is 2.58. The van der Waals surface area contributed by atoms with Crippen molar-refractivity contribution >= 4 is 5.69 Å². The molecule has 0 heterocycles. The number of benzene rings is 1. The van der Waals surface area contributed by atoms with Crippen molar-refractivity contribution in [1.82, 2.24) is 0 Å². The van der Waals surface area contributed by atoms with Gasteiger partial charge >= 0.3 is 0 Å². The fourth-order valence-electron chi connectivity index (χ4n) is 1.79. The molecule has 0 fully saturated rings. The van der Waals surface area contributed by atoms with Crippen LogP contribution in [0.5, 0.6) is 0 Å². The Morgan fingerprint density at radius 3 is 1.80 bits per heavy atom. The van der Waals surface area contributed by atoms with Crippen LogP contribution in [0.15, 0.2) is 0 Å². The maximum atomic E-state index is 13.7. The zero-order valence-corrected chi connectivity index (χ0v) is 11.0. The van der Waals surface area contributed by atoms with Gasteiger partial charge < -0.3 is 4.90 Å². The lowest BCUT2D eigenvalue weighted by Gasteiger charge is -2.26. The molecule has 0 radical (unpaired) electrons. The van der Waals surface area contributed by atoms with E-state index in [-0.39, 0.29) is 25.4 Å². The first-order chi connectivity index (χ1) is 9.31. The van der Waals surface area contributed by atoms with E-state index >= 15 is 0 Å². The number of nitriles is 1. The van der Waals surface area contributed by atoms with Crippen LogP contribution in [-0.4, -0.2) is 13.1 Å². The van der Waals surface area contributed by atoms with Crippen LogP contribution in [0.25, 0.3) is 0 Å². The zero-order chi connectivity index (χ0) is 15.4. The summed E-state index contributed by atoms with van der Waals surface area (Å²) in [5.74, 6) is -9.98. The van der Waals surface area contributed by atoms with Crippen molar-refractivity contribution in [2.75, 3.05) is 18.0 Å². The van der Waals surface area contributed by atoms with Gasteiger partial charge in [-0.15, -0.1) is 0 Å². The Kier molecular flexibility index (Phi) is 5.31. The SMILES string of the molecule is CC(C)CN(CCC#N)c1c(F)c(F)c(F)c(F)c1F. The van der Waals surface area contributed by atoms with E-state index in [0.717, 1.165) is 4.90 Å². The fraction of sp³-hybridized carbons (Fsp3) is 0.462. The van der Waals surface area contributed by atoms with Crippen LogP contribution < -0.4 is 4.90 Å². The van der Waals surface area contributed by atoms with Gasteiger partial charge in [-0.2, -0.15) is 5.26 Å². The lowest BCUT2D eigenvalue weighted by Crippen LogP contribution is -2.31. The molecule has 20 heavy (non-hydrogen) atoms. The minimum atomic E-state index is -2.19. The molecule has 1 aromatic carbocycles. The maximum Gasteiger partial charge on any atom is 0.200 e. The highest BCUT2D eigenvalue weighted by atomic mass is 19.2. The van der Waals surface area contributed by atoms with E-state index in [1.54, 1.807) is 19.9 Å². The van der Waals surface area contributed by atoms with Crippen molar-refractivity contribution in [3.05, 3.63) is 29.1 Å². The molecule has 0 atom stereocenters. The molecule has 7 heteroatoms. The monoisotopic (exact) mass is 292 g/mol. The molecule has 110 valence electrons. The highest BCUT2D eigenvalue weighted by Crippen LogP contribution is 2.30. The fourth-order valence-corrected chi connectivity index (χ4v) is 1.79. The average molecular weight is 292 g/mol. The first-order valence-corrected chi connectivity index (χ1v) is 5.94. The summed E-state index contributed by atoms with van der Waals surface area (Å²) in [7, 11) is 0. The molecule has 0 saturated heterocycles. The minimum absolute atomic E-state index is 0.0695. The highest BCUT2D eigenvalue weighted by molar-refractivity contribution is 5.50. The van der Waals surface area contributed by atoms with Crippen LogP contribution >= 0.6 is 0 Å². The quantitative estimate of drug-likeness (QED) is 0.469. The molecule has 0 spiro atoms. The third kappa shape index (κ3) is 3.18. The van der Waals surface area contributed by atoms with Crippen LogP contribution in [0.1, 0.15) is 20.3 Å². The highest BCUT2D eigenvalue weighted by Gasteiger charge is 2.29. The van der Waals surface area contributed by atoms with Crippen molar-refractivity contribution in [3.63, 3.8) is 0 Å². The van der Waals surface area contributed by atoms with Crippen LogP contribution in [-0.2, 0) is 0 Å². The molecule has 0 saturated carbocycles. The summed E-state index contributed by atoms with van der Waals surface area (Å²) in [6, 6.07) is 1.77. The van der Waals surface area contributed by atoms with Gasteiger partial charge in [0.1, 0.15) is 5.69 Å². The molecule has 0 aliphatic carbocycles. The van der Waals surface area contributed by atoms with Gasteiger partial charge in [0, 0.05) is 13.1 Å². The average Bonchev–Trinajstić information content (AvgIpc) is 2.39. The van der Waals surface area contributed by atoms with Gasteiger partial charge in [0.05, 0.1) is 12.5 Å². The van der Waals surface area contributed by atoms with E-state index in [1.807, 2.05) is 0 Å². The predicted molar refractivity (Wildman–Crippen MR) is 63.5 cm³/mol. The Labute approximate surface area is 113 Å². The summed E-state index contributed by atoms with van der Waals surface area (Å²) in [5.41, 5.74) is -0.981. The van der Waals surface area contributed by atoms with Crippen molar-refractivity contribution in [3.8, 4) is 6.07 Å². The van der Waals surface area contributed by atoms with Crippen LogP contribution in [0.2, 0.25) is 0 Å². The number of halogens is 5. The number of anilines is 1. The molecule has 2 nitrogen and oxygen atoms in total. The number of rotatable bonds is 5. The molecular formula is C13H13F5N2. The van der Waals surface area contributed by atoms with E-state index in [0.29, 0.717) is 0 Å². The van der Waals surface area contributed by atoms with Crippen molar-refractivity contribution < 1.29 is 22.0 Å². The Hall–Kier alpha value is -1.84. The first-order valence-electron chi connectivity index (χ1n) is 5.94. The predicted octanol–water partition coefficient (Wildman–Crippen LogP) is 3.76. The van der Waals surface area contributed by atoms with Gasteiger partial charge in [-0.3, -0.25) is 0 Å². The largest absolute Gasteiger partial charge is 0.365 e. The second-order valence-electron chi connectivity index (χ2n) is 4.67. The smallest absolute Gasteiger partial charge is 0.200 e. The van der Waals surface area contributed by atoms with Gasteiger partial charge in [-0.1, -0.05) is 13.8 Å². The van der Waals surface area contributed by atoms with Crippen LogP contribution in [0.3, 0.4) is 0 Å². The Morgan fingerprint density at radius 1 is 0.950 bits per heavy atom. The van der Waals surface area contributed by atoms with Gasteiger partial charge in [-0.25, -0.2) is 22.0 Å². The Morgan fingerprint density at radius 2 is 1.40 bits per heavy atom. The number of hydrogen-bond donors (Lipinski definition) is 0. The lowest BCUT2D eigenvalue weighted by atomic mass is 10.1. The minimum Gasteiger partial charge on any atom is -0.365 e. The number of hydrogen-bond acceptors (Lipinski definition) is 2. The van der Waals surface area contributed by atoms with Crippen LogP contribution in [0.4, 0.5) is 27.6 Å². The lowest BCUT2D eigenvalue weighted by molar-refractivity contribution is 0.377. The summed E-state index contributed by atoms with van der Waals surface area (Å²) in [4.78, 5) is 1.00. The van der Waals surface area contributed by atoms with E-state index in [2.05, 4.69) is 0 Å². The van der Waals surface area contributed by atoms with E-state index < -0.39 is 34.8 Å². The van der Waals surface area contributed by atoms with E-state index in [4.69, 9.17) is 5.26 Å². The van der Waals surface area contributed by atoms with Crippen LogP contribution in [0, 0.1) is 46.3 Å². The molecule has 0 aliphatic rings. The topological polar surface area (TPSA) is 27.0 Å². The Bertz CT molecular complexity index is 508. The third-order valence-electron chi connectivity index (χ3n) is 2.58. The normalized spacial score (nSPS) is 10.8. The van der Waals surface area contributed by atoms with E-state index in [9.17, 15) is 22.0 Å². The molecule has 0 bridgehead atoms. The summed E-state index contributed by atoms with van der Waals surface area (Å²) in [6.45, 7) is 3.41. The zero-order valence-electron chi connectivity index (χ0n) is 11.0. The summed E-state index contributed by atoms with van der Waals surface area (Å²) in [5, 5.41) is 8.52. The molecule has 0 unspecified atom stereocenters. The molecule has 0 amide bonds. The molecule has 0 N–H and O–H groups in total. The molecule has 1 aromatic rings. The standard InChI is InChI=1S/C13H13F5N2/c1-7(2)6-20(5-3-4-19)13-11(17)9(15)8(14)10(16)12(13)18/h7H,3,5-6H2,1-2H3. The van der Waals surface area contributed by atoms with Gasteiger partial charge in [0.15, 0.2) is 23.3 Å². The van der Waals surface area contributed by atoms with E-state index in [1.165, 1.54) is 0 Å². The second-order valence-corrected chi connectivity index (χ2v) is 4.67. The molecule has 0 aliphatic heterocycles. The van der Waals surface area contributed by atoms with Crippen molar-refractivity contribution in [1.29, 1.82) is 5.26 Å². The van der Waals surface area contributed by atoms with Crippen molar-refractivity contribution in [2.45, 2.75) is 20.3 Å².